The Morgan fingerprint density at radius 2 is 1.75 bits per heavy atom. The molecular weight excluding hydrogens is 354 g/mol. The van der Waals surface area contributed by atoms with E-state index < -0.39 is 0 Å². The highest BCUT2D eigenvalue weighted by atomic mass is 16.5. The minimum absolute atomic E-state index is 0.0184. The van der Waals surface area contributed by atoms with Gasteiger partial charge < -0.3 is 19.5 Å². The Labute approximate surface area is 165 Å². The van der Waals surface area contributed by atoms with Gasteiger partial charge in [-0.3, -0.25) is 4.79 Å². The van der Waals surface area contributed by atoms with Crippen LogP contribution in [-0.2, 0) is 6.42 Å². The standard InChI is InChI=1S/C23H27NO4/c1-27-18-9-6-10-19(28-2)21(18)22(26)24-17-11-12-20(24)23(14-17,15-25)13-16-7-4-3-5-8-16/h3-10,17,20,25H,11-15H2,1-2H3/t17-,20+,23-/m0/s1. The first-order chi connectivity index (χ1) is 13.6. The van der Waals surface area contributed by atoms with Gasteiger partial charge >= 0.3 is 0 Å². The van der Waals surface area contributed by atoms with Crippen LogP contribution in [-0.4, -0.2) is 48.8 Å². The van der Waals surface area contributed by atoms with Gasteiger partial charge in [-0.2, -0.15) is 0 Å². The van der Waals surface area contributed by atoms with E-state index in [1.54, 1.807) is 26.4 Å². The van der Waals surface area contributed by atoms with Gasteiger partial charge in [0.1, 0.15) is 17.1 Å². The third-order valence-electron chi connectivity index (χ3n) is 6.44. The molecular formula is C23H27NO4. The van der Waals surface area contributed by atoms with E-state index in [-0.39, 0.29) is 30.0 Å². The van der Waals surface area contributed by atoms with Crippen molar-refractivity contribution in [2.75, 3.05) is 20.8 Å². The lowest BCUT2D eigenvalue weighted by molar-refractivity contribution is 0.0566. The molecule has 2 aromatic carbocycles. The Morgan fingerprint density at radius 3 is 2.36 bits per heavy atom. The molecule has 2 aliphatic heterocycles. The van der Waals surface area contributed by atoms with Crippen molar-refractivity contribution in [3.05, 3.63) is 59.7 Å². The van der Waals surface area contributed by atoms with Crippen LogP contribution >= 0.6 is 0 Å². The third kappa shape index (κ3) is 2.94. The average Bonchev–Trinajstić information content (AvgIpc) is 3.29. The van der Waals surface area contributed by atoms with Gasteiger partial charge in [0, 0.05) is 17.5 Å². The van der Waals surface area contributed by atoms with Crippen molar-refractivity contribution in [1.82, 2.24) is 4.90 Å². The van der Waals surface area contributed by atoms with Crippen molar-refractivity contribution < 1.29 is 19.4 Å². The summed E-state index contributed by atoms with van der Waals surface area (Å²) in [7, 11) is 3.13. The number of amides is 1. The number of fused-ring (bicyclic) bond motifs is 2. The van der Waals surface area contributed by atoms with E-state index in [1.165, 1.54) is 5.56 Å². The first-order valence-electron chi connectivity index (χ1n) is 9.82. The lowest BCUT2D eigenvalue weighted by Crippen LogP contribution is -2.44. The van der Waals surface area contributed by atoms with Gasteiger partial charge in [0.25, 0.3) is 5.91 Å². The third-order valence-corrected chi connectivity index (χ3v) is 6.44. The predicted octanol–water partition coefficient (Wildman–Crippen LogP) is 3.30. The molecule has 5 heteroatoms. The lowest BCUT2D eigenvalue weighted by atomic mass is 9.70. The molecule has 148 valence electrons. The highest BCUT2D eigenvalue weighted by molar-refractivity contribution is 6.00. The minimum atomic E-state index is -0.296. The minimum Gasteiger partial charge on any atom is -0.496 e. The molecule has 1 N–H and O–H groups in total. The van der Waals surface area contributed by atoms with Gasteiger partial charge in [-0.1, -0.05) is 36.4 Å². The van der Waals surface area contributed by atoms with Crippen molar-refractivity contribution in [3.63, 3.8) is 0 Å². The molecule has 0 aromatic heterocycles. The van der Waals surface area contributed by atoms with Gasteiger partial charge in [0.05, 0.1) is 20.8 Å². The second-order valence-electron chi connectivity index (χ2n) is 7.88. The number of ether oxygens (including phenoxy) is 2. The first kappa shape index (κ1) is 18.8. The lowest BCUT2D eigenvalue weighted by Gasteiger charge is -2.36. The largest absolute Gasteiger partial charge is 0.496 e. The molecule has 1 amide bonds. The van der Waals surface area contributed by atoms with Crippen molar-refractivity contribution in [3.8, 4) is 11.5 Å². The van der Waals surface area contributed by atoms with Gasteiger partial charge in [0.2, 0.25) is 0 Å². The number of aliphatic hydroxyl groups excluding tert-OH is 1. The van der Waals surface area contributed by atoms with Crippen molar-refractivity contribution in [2.45, 2.75) is 37.8 Å². The molecule has 0 radical (unpaired) electrons. The van der Waals surface area contributed by atoms with Crippen LogP contribution in [0.1, 0.15) is 35.2 Å². The number of carbonyl (C=O) groups excluding carboxylic acids is 1. The molecule has 2 aliphatic rings. The van der Waals surface area contributed by atoms with E-state index in [0.29, 0.717) is 17.1 Å². The zero-order chi connectivity index (χ0) is 19.7. The highest BCUT2D eigenvalue weighted by Gasteiger charge is 2.57. The molecule has 2 fully saturated rings. The molecule has 4 rings (SSSR count). The first-order valence-corrected chi connectivity index (χ1v) is 9.82. The van der Waals surface area contributed by atoms with Crippen LogP contribution < -0.4 is 9.47 Å². The number of aliphatic hydroxyl groups is 1. The van der Waals surface area contributed by atoms with E-state index >= 15 is 0 Å². The molecule has 0 spiro atoms. The molecule has 3 atom stereocenters. The van der Waals surface area contributed by atoms with Crippen LogP contribution in [0.5, 0.6) is 11.5 Å². The highest BCUT2D eigenvalue weighted by Crippen LogP contribution is 2.52. The van der Waals surface area contributed by atoms with E-state index in [2.05, 4.69) is 12.1 Å². The van der Waals surface area contributed by atoms with Crippen LogP contribution in [0.3, 0.4) is 0 Å². The number of rotatable bonds is 6. The maximum atomic E-state index is 13.6. The van der Waals surface area contributed by atoms with Gasteiger partial charge in [0.15, 0.2) is 0 Å². The summed E-state index contributed by atoms with van der Waals surface area (Å²) in [5.41, 5.74) is 1.37. The Kier molecular flexibility index (Phi) is 5.02. The normalized spacial score (nSPS) is 25.8. The summed E-state index contributed by atoms with van der Waals surface area (Å²) in [5.74, 6) is 0.979. The van der Waals surface area contributed by atoms with Gasteiger partial charge in [-0.05, 0) is 43.4 Å². The smallest absolute Gasteiger partial charge is 0.261 e. The number of hydrogen-bond donors (Lipinski definition) is 1. The Bertz CT molecular complexity index is 831. The van der Waals surface area contributed by atoms with Crippen LogP contribution in [0.2, 0.25) is 0 Å². The van der Waals surface area contributed by atoms with Crippen molar-refractivity contribution in [2.24, 2.45) is 5.41 Å². The average molecular weight is 381 g/mol. The molecule has 0 aliphatic carbocycles. The number of hydrogen-bond acceptors (Lipinski definition) is 4. The zero-order valence-corrected chi connectivity index (χ0v) is 16.4. The van der Waals surface area contributed by atoms with E-state index in [1.807, 2.05) is 29.2 Å². The molecule has 2 aromatic rings. The second-order valence-corrected chi connectivity index (χ2v) is 7.88. The van der Waals surface area contributed by atoms with Crippen molar-refractivity contribution in [1.29, 1.82) is 0 Å². The monoisotopic (exact) mass is 381 g/mol. The Hall–Kier alpha value is -2.53. The van der Waals surface area contributed by atoms with Crippen molar-refractivity contribution >= 4 is 5.91 Å². The molecule has 2 heterocycles. The second kappa shape index (κ2) is 7.47. The SMILES string of the molecule is COc1cccc(OC)c1C(=O)N1[C@H]2CC[C@@H]1[C@@](CO)(Cc1ccccc1)C2. The van der Waals surface area contributed by atoms with Crippen LogP contribution in [0.4, 0.5) is 0 Å². The number of carbonyl (C=O) groups is 1. The Balaban J connectivity index is 1.68. The molecule has 2 saturated heterocycles. The summed E-state index contributed by atoms with van der Waals surface area (Å²) in [5, 5.41) is 10.4. The zero-order valence-electron chi connectivity index (χ0n) is 16.4. The van der Waals surface area contributed by atoms with Crippen LogP contribution in [0.15, 0.2) is 48.5 Å². The fourth-order valence-electron chi connectivity index (χ4n) is 5.21. The van der Waals surface area contributed by atoms with E-state index in [4.69, 9.17) is 9.47 Å². The molecule has 2 bridgehead atoms. The quantitative estimate of drug-likeness (QED) is 0.834. The topological polar surface area (TPSA) is 59.0 Å². The predicted molar refractivity (Wildman–Crippen MR) is 107 cm³/mol. The van der Waals surface area contributed by atoms with Crippen LogP contribution in [0, 0.1) is 5.41 Å². The number of benzene rings is 2. The Morgan fingerprint density at radius 1 is 1.07 bits per heavy atom. The summed E-state index contributed by atoms with van der Waals surface area (Å²) < 4.78 is 10.9. The molecule has 0 saturated carbocycles. The maximum Gasteiger partial charge on any atom is 0.261 e. The maximum absolute atomic E-state index is 13.6. The molecule has 28 heavy (non-hydrogen) atoms. The van der Waals surface area contributed by atoms with Gasteiger partial charge in [-0.25, -0.2) is 0 Å². The summed E-state index contributed by atoms with van der Waals surface area (Å²) in [4.78, 5) is 15.6. The number of methoxy groups -OCH3 is 2. The summed E-state index contributed by atoms with van der Waals surface area (Å²) in [6.07, 6.45) is 3.50. The van der Waals surface area contributed by atoms with Gasteiger partial charge in [-0.15, -0.1) is 0 Å². The summed E-state index contributed by atoms with van der Waals surface area (Å²) >= 11 is 0. The fraction of sp³-hybridized carbons (Fsp3) is 0.435. The summed E-state index contributed by atoms with van der Waals surface area (Å²) in [6, 6.07) is 15.8. The van der Waals surface area contributed by atoms with E-state index in [9.17, 15) is 9.90 Å². The van der Waals surface area contributed by atoms with Crippen LogP contribution in [0.25, 0.3) is 0 Å². The fourth-order valence-corrected chi connectivity index (χ4v) is 5.21. The summed E-state index contributed by atoms with van der Waals surface area (Å²) in [6.45, 7) is 0.0793. The van der Waals surface area contributed by atoms with E-state index in [0.717, 1.165) is 25.7 Å². The number of nitrogens with zero attached hydrogens (tertiary/aromatic N) is 1. The molecule has 0 unspecified atom stereocenters. The molecule has 5 nitrogen and oxygen atoms in total.